The fourth-order valence-corrected chi connectivity index (χ4v) is 4.75. The van der Waals surface area contributed by atoms with Crippen molar-refractivity contribution in [1.29, 1.82) is 0 Å². The number of amides is 1. The Morgan fingerprint density at radius 3 is 2.64 bits per heavy atom. The molecule has 0 saturated carbocycles. The summed E-state index contributed by atoms with van der Waals surface area (Å²) in [6, 6.07) is 15.6. The van der Waals surface area contributed by atoms with E-state index in [2.05, 4.69) is 15.5 Å². The molecule has 166 valence electrons. The topological polar surface area (TPSA) is 110 Å². The smallest absolute Gasteiger partial charge is 0.296 e. The van der Waals surface area contributed by atoms with Gasteiger partial charge in [0.25, 0.3) is 11.5 Å². The van der Waals surface area contributed by atoms with Crippen LogP contribution in [0.15, 0.2) is 70.3 Å². The standard InChI is InChI=1S/C24H19ClN4O4/c1-29-22(28-20(21(30)24(29)32)23(31)27-14-11-26-33-12-14)17-10-13-6-2-3-7-15(13)19(17)16-8-4-5-9-18(16)25/h2-9,11-12,17,19,30H,10H2,1H3,(H,27,31). The highest BCUT2D eigenvalue weighted by Crippen LogP contribution is 2.48. The number of carbonyl (C=O) groups excluding carboxylic acids is 1. The van der Waals surface area contributed by atoms with Gasteiger partial charge in [-0.15, -0.1) is 0 Å². The summed E-state index contributed by atoms with van der Waals surface area (Å²) in [5, 5.41) is 17.1. The molecule has 2 atom stereocenters. The van der Waals surface area contributed by atoms with Crippen LogP contribution in [0.4, 0.5) is 5.69 Å². The van der Waals surface area contributed by atoms with Crippen molar-refractivity contribution in [3.63, 3.8) is 0 Å². The summed E-state index contributed by atoms with van der Waals surface area (Å²) in [6.45, 7) is 0. The maximum Gasteiger partial charge on any atom is 0.296 e. The van der Waals surface area contributed by atoms with Crippen molar-refractivity contribution in [1.82, 2.24) is 14.7 Å². The Morgan fingerprint density at radius 2 is 1.91 bits per heavy atom. The average molecular weight is 463 g/mol. The van der Waals surface area contributed by atoms with Gasteiger partial charge in [-0.05, 0) is 29.2 Å². The van der Waals surface area contributed by atoms with Gasteiger partial charge < -0.3 is 14.9 Å². The highest BCUT2D eigenvalue weighted by molar-refractivity contribution is 6.31. The van der Waals surface area contributed by atoms with Crippen molar-refractivity contribution in [2.45, 2.75) is 18.3 Å². The van der Waals surface area contributed by atoms with Crippen LogP contribution in [0.3, 0.4) is 0 Å². The number of aromatic hydroxyl groups is 1. The molecule has 4 aromatic rings. The van der Waals surface area contributed by atoms with Crippen molar-refractivity contribution in [2.24, 2.45) is 7.05 Å². The lowest BCUT2D eigenvalue weighted by atomic mass is 9.85. The maximum atomic E-state index is 12.9. The van der Waals surface area contributed by atoms with Gasteiger partial charge in [0.1, 0.15) is 17.8 Å². The lowest BCUT2D eigenvalue weighted by Crippen LogP contribution is -2.29. The Bertz CT molecular complexity index is 1410. The lowest BCUT2D eigenvalue weighted by Gasteiger charge is -2.24. The van der Waals surface area contributed by atoms with Gasteiger partial charge in [-0.2, -0.15) is 0 Å². The molecular weight excluding hydrogens is 444 g/mol. The van der Waals surface area contributed by atoms with E-state index in [0.29, 0.717) is 17.3 Å². The molecule has 2 N–H and O–H groups in total. The molecule has 2 aromatic heterocycles. The van der Waals surface area contributed by atoms with Crippen LogP contribution in [0.1, 0.15) is 44.8 Å². The minimum atomic E-state index is -0.737. The first kappa shape index (κ1) is 21.0. The Morgan fingerprint density at radius 1 is 1.18 bits per heavy atom. The summed E-state index contributed by atoms with van der Waals surface area (Å²) in [5.74, 6) is -1.52. The van der Waals surface area contributed by atoms with Gasteiger partial charge in [0.2, 0.25) is 5.75 Å². The van der Waals surface area contributed by atoms with Gasteiger partial charge in [-0.3, -0.25) is 14.2 Å². The molecule has 1 aliphatic rings. The quantitative estimate of drug-likeness (QED) is 0.476. The summed E-state index contributed by atoms with van der Waals surface area (Å²) in [7, 11) is 1.54. The second-order valence-electron chi connectivity index (χ2n) is 7.91. The number of rotatable bonds is 4. The number of aromatic nitrogens is 3. The fourth-order valence-electron chi connectivity index (χ4n) is 4.50. The number of nitrogens with zero attached hydrogens (tertiary/aromatic N) is 3. The summed E-state index contributed by atoms with van der Waals surface area (Å²) in [6.07, 6.45) is 3.14. The van der Waals surface area contributed by atoms with E-state index < -0.39 is 17.2 Å². The first-order valence-electron chi connectivity index (χ1n) is 10.3. The third-order valence-corrected chi connectivity index (χ3v) is 6.36. The third kappa shape index (κ3) is 3.58. The Hall–Kier alpha value is -3.91. The molecule has 0 fully saturated rings. The molecule has 9 heteroatoms. The van der Waals surface area contributed by atoms with Crippen molar-refractivity contribution in [3.8, 4) is 5.75 Å². The van der Waals surface area contributed by atoms with E-state index in [-0.39, 0.29) is 23.2 Å². The zero-order valence-corrected chi connectivity index (χ0v) is 18.3. The minimum absolute atomic E-state index is 0.175. The van der Waals surface area contributed by atoms with Crippen LogP contribution in [0.5, 0.6) is 5.75 Å². The Kier molecular flexibility index (Phi) is 5.22. The van der Waals surface area contributed by atoms with Gasteiger partial charge in [0.05, 0.1) is 6.20 Å². The monoisotopic (exact) mass is 462 g/mol. The summed E-state index contributed by atoms with van der Waals surface area (Å²) in [5.41, 5.74) is 2.34. The highest BCUT2D eigenvalue weighted by atomic mass is 35.5. The van der Waals surface area contributed by atoms with Crippen molar-refractivity contribution in [3.05, 3.63) is 105 Å². The van der Waals surface area contributed by atoms with Gasteiger partial charge in [-0.25, -0.2) is 4.98 Å². The van der Waals surface area contributed by atoms with Crippen molar-refractivity contribution in [2.75, 3.05) is 5.32 Å². The van der Waals surface area contributed by atoms with Crippen LogP contribution < -0.4 is 10.9 Å². The largest absolute Gasteiger partial charge is 0.501 e. The average Bonchev–Trinajstić information content (AvgIpc) is 3.46. The van der Waals surface area contributed by atoms with E-state index in [9.17, 15) is 14.7 Å². The number of anilines is 1. The van der Waals surface area contributed by atoms with Crippen LogP contribution in [0.2, 0.25) is 5.02 Å². The van der Waals surface area contributed by atoms with Crippen LogP contribution >= 0.6 is 11.6 Å². The number of fused-ring (bicyclic) bond motifs is 1. The van der Waals surface area contributed by atoms with E-state index in [1.807, 2.05) is 48.5 Å². The fraction of sp³-hybridized carbons (Fsp3) is 0.167. The molecule has 0 radical (unpaired) electrons. The summed E-state index contributed by atoms with van der Waals surface area (Å²) < 4.78 is 6.01. The second-order valence-corrected chi connectivity index (χ2v) is 8.31. The van der Waals surface area contributed by atoms with E-state index >= 15 is 0 Å². The van der Waals surface area contributed by atoms with Crippen LogP contribution in [0, 0.1) is 0 Å². The van der Waals surface area contributed by atoms with Crippen LogP contribution in [-0.4, -0.2) is 25.7 Å². The Labute approximate surface area is 193 Å². The number of benzene rings is 2. The lowest BCUT2D eigenvalue weighted by molar-refractivity contribution is 0.101. The molecule has 0 bridgehead atoms. The molecule has 2 heterocycles. The second kappa shape index (κ2) is 8.22. The summed E-state index contributed by atoms with van der Waals surface area (Å²) in [4.78, 5) is 30.2. The first-order chi connectivity index (χ1) is 16.0. The number of nitrogens with one attached hydrogen (secondary N) is 1. The van der Waals surface area contributed by atoms with Gasteiger partial charge in [-0.1, -0.05) is 59.2 Å². The van der Waals surface area contributed by atoms with E-state index in [1.165, 1.54) is 17.0 Å². The molecule has 8 nitrogen and oxygen atoms in total. The van der Waals surface area contributed by atoms with E-state index in [4.69, 9.17) is 16.1 Å². The molecule has 2 unspecified atom stereocenters. The van der Waals surface area contributed by atoms with Gasteiger partial charge in [0, 0.05) is 23.9 Å². The van der Waals surface area contributed by atoms with Gasteiger partial charge in [0.15, 0.2) is 5.69 Å². The van der Waals surface area contributed by atoms with E-state index in [1.54, 1.807) is 7.05 Å². The molecular formula is C24H19ClN4O4. The predicted octanol–water partition coefficient (Wildman–Crippen LogP) is 3.85. The molecule has 0 aliphatic heterocycles. The number of hydrogen-bond donors (Lipinski definition) is 2. The van der Waals surface area contributed by atoms with Gasteiger partial charge >= 0.3 is 0 Å². The number of halogens is 1. The third-order valence-electron chi connectivity index (χ3n) is 6.01. The van der Waals surface area contributed by atoms with Crippen molar-refractivity contribution < 1.29 is 14.4 Å². The molecule has 0 saturated heterocycles. The summed E-state index contributed by atoms with van der Waals surface area (Å²) >= 11 is 6.57. The molecule has 5 rings (SSSR count). The predicted molar refractivity (Wildman–Crippen MR) is 122 cm³/mol. The number of carbonyl (C=O) groups is 1. The molecule has 0 spiro atoms. The molecule has 1 aliphatic carbocycles. The zero-order chi connectivity index (χ0) is 23.1. The number of hydrogen-bond acceptors (Lipinski definition) is 6. The SMILES string of the molecule is Cn1c(C2Cc3ccccc3C2c2ccccc2Cl)nc(C(=O)Nc2cnoc2)c(O)c1=O. The molecule has 33 heavy (non-hydrogen) atoms. The van der Waals surface area contributed by atoms with Crippen LogP contribution in [0.25, 0.3) is 0 Å². The molecule has 2 aromatic carbocycles. The zero-order valence-electron chi connectivity index (χ0n) is 17.5. The maximum absolute atomic E-state index is 12.9. The first-order valence-corrected chi connectivity index (χ1v) is 10.7. The minimum Gasteiger partial charge on any atom is -0.501 e. The van der Waals surface area contributed by atoms with Crippen LogP contribution in [-0.2, 0) is 13.5 Å². The normalized spacial score (nSPS) is 17.0. The highest BCUT2D eigenvalue weighted by Gasteiger charge is 2.38. The Balaban J connectivity index is 1.65. The van der Waals surface area contributed by atoms with Crippen molar-refractivity contribution >= 4 is 23.2 Å². The van der Waals surface area contributed by atoms with E-state index in [0.717, 1.165) is 16.7 Å². The molecule has 1 amide bonds.